The summed E-state index contributed by atoms with van der Waals surface area (Å²) in [5, 5.41) is 8.10. The minimum Gasteiger partial charge on any atom is -0.414 e. The van der Waals surface area contributed by atoms with Crippen LogP contribution in [0.5, 0.6) is 0 Å². The van der Waals surface area contributed by atoms with Crippen LogP contribution in [0.2, 0.25) is 0 Å². The van der Waals surface area contributed by atoms with Crippen LogP contribution in [0, 0.1) is 5.41 Å². The van der Waals surface area contributed by atoms with Crippen LogP contribution in [0.25, 0.3) is 11.2 Å². The summed E-state index contributed by atoms with van der Waals surface area (Å²) in [4.78, 5) is 13.4. The first-order chi connectivity index (χ1) is 9.29. The van der Waals surface area contributed by atoms with Crippen molar-refractivity contribution in [2.75, 3.05) is 7.11 Å². The van der Waals surface area contributed by atoms with E-state index in [1.54, 1.807) is 6.33 Å². The molecule has 0 fully saturated rings. The van der Waals surface area contributed by atoms with Gasteiger partial charge in [0.2, 0.25) is 0 Å². The van der Waals surface area contributed by atoms with Crippen LogP contribution >= 0.6 is 0 Å². The van der Waals surface area contributed by atoms with Gasteiger partial charge in [-0.15, -0.1) is 0 Å². The first-order valence-corrected chi connectivity index (χ1v) is 5.85. The van der Waals surface area contributed by atoms with Gasteiger partial charge in [0.1, 0.15) is 19.0 Å². The zero-order valence-corrected chi connectivity index (χ0v) is 10.4. The molecule has 0 radical (unpaired) electrons. The molecule has 2 aromatic heterocycles. The van der Waals surface area contributed by atoms with Crippen LogP contribution in [-0.2, 0) is 6.54 Å². The average molecular weight is 255 g/mol. The number of hydrogen-bond acceptors (Lipinski definition) is 4. The van der Waals surface area contributed by atoms with E-state index in [0.29, 0.717) is 17.7 Å². The topological polar surface area (TPSA) is 68.7 Å². The molecule has 0 aliphatic rings. The fourth-order valence-corrected chi connectivity index (χ4v) is 2.02. The van der Waals surface area contributed by atoms with Crippen LogP contribution in [0.4, 0.5) is 0 Å². The van der Waals surface area contributed by atoms with Crippen molar-refractivity contribution in [1.82, 2.24) is 19.3 Å². The van der Waals surface area contributed by atoms with Gasteiger partial charge in [-0.1, -0.05) is 30.3 Å². The van der Waals surface area contributed by atoms with E-state index in [2.05, 4.69) is 9.97 Å². The van der Waals surface area contributed by atoms with Crippen molar-refractivity contribution in [3.05, 3.63) is 54.0 Å². The lowest BCUT2D eigenvalue weighted by molar-refractivity contribution is 0.151. The van der Waals surface area contributed by atoms with Gasteiger partial charge >= 0.3 is 0 Å². The van der Waals surface area contributed by atoms with E-state index in [9.17, 15) is 0 Å². The summed E-state index contributed by atoms with van der Waals surface area (Å²) in [7, 11) is 1.50. The van der Waals surface area contributed by atoms with Gasteiger partial charge in [0.15, 0.2) is 11.1 Å². The maximum atomic E-state index is 8.10. The van der Waals surface area contributed by atoms with Crippen LogP contribution < -0.4 is 10.3 Å². The lowest BCUT2D eigenvalue weighted by Gasteiger charge is -2.07. The Labute approximate surface area is 109 Å². The number of aromatic nitrogens is 4. The van der Waals surface area contributed by atoms with Crippen molar-refractivity contribution < 1.29 is 4.84 Å². The Hall–Kier alpha value is -2.63. The SMILES string of the molecule is COn1cnc2ncn(Cc3ccccc3)c2c1=N. The molecule has 6 heteroatoms. The predicted octanol–water partition coefficient (Wildman–Crippen LogP) is 0.819. The second-order valence-corrected chi connectivity index (χ2v) is 4.13. The van der Waals surface area contributed by atoms with Gasteiger partial charge in [-0.25, -0.2) is 9.97 Å². The highest BCUT2D eigenvalue weighted by atomic mass is 16.6. The molecule has 1 aromatic carbocycles. The molecule has 0 aliphatic carbocycles. The molecule has 0 saturated heterocycles. The Kier molecular flexibility index (Phi) is 2.75. The van der Waals surface area contributed by atoms with Crippen LogP contribution in [0.15, 0.2) is 43.0 Å². The Morgan fingerprint density at radius 2 is 1.89 bits per heavy atom. The van der Waals surface area contributed by atoms with Crippen molar-refractivity contribution >= 4 is 11.2 Å². The molecule has 3 rings (SSSR count). The molecule has 19 heavy (non-hydrogen) atoms. The summed E-state index contributed by atoms with van der Waals surface area (Å²) in [5.74, 6) is 0. The molecular formula is C13H13N5O. The lowest BCUT2D eigenvalue weighted by atomic mass is 10.2. The lowest BCUT2D eigenvalue weighted by Crippen LogP contribution is -2.26. The first-order valence-electron chi connectivity index (χ1n) is 5.85. The minimum absolute atomic E-state index is 0.237. The third-order valence-electron chi connectivity index (χ3n) is 2.94. The maximum Gasteiger partial charge on any atom is 0.190 e. The Morgan fingerprint density at radius 3 is 2.63 bits per heavy atom. The Morgan fingerprint density at radius 1 is 1.16 bits per heavy atom. The van der Waals surface area contributed by atoms with Gasteiger partial charge < -0.3 is 9.40 Å². The van der Waals surface area contributed by atoms with Gasteiger partial charge in [-0.3, -0.25) is 5.41 Å². The minimum atomic E-state index is 0.237. The van der Waals surface area contributed by atoms with Crippen molar-refractivity contribution in [3.8, 4) is 0 Å². The highest BCUT2D eigenvalue weighted by Gasteiger charge is 2.08. The number of hydrogen-bond donors (Lipinski definition) is 1. The van der Waals surface area contributed by atoms with E-state index in [4.69, 9.17) is 10.2 Å². The largest absolute Gasteiger partial charge is 0.414 e. The van der Waals surface area contributed by atoms with E-state index >= 15 is 0 Å². The number of benzene rings is 1. The Balaban J connectivity index is 2.12. The molecular weight excluding hydrogens is 242 g/mol. The quantitative estimate of drug-likeness (QED) is 0.753. The zero-order valence-electron chi connectivity index (χ0n) is 10.4. The molecule has 6 nitrogen and oxygen atoms in total. The van der Waals surface area contributed by atoms with Crippen molar-refractivity contribution in [2.45, 2.75) is 6.54 Å². The molecule has 0 spiro atoms. The van der Waals surface area contributed by atoms with Crippen LogP contribution in [0.1, 0.15) is 5.56 Å². The molecule has 0 aliphatic heterocycles. The fourth-order valence-electron chi connectivity index (χ4n) is 2.02. The molecule has 3 aromatic rings. The van der Waals surface area contributed by atoms with Crippen molar-refractivity contribution in [2.24, 2.45) is 0 Å². The van der Waals surface area contributed by atoms with Crippen molar-refractivity contribution in [3.63, 3.8) is 0 Å². The van der Waals surface area contributed by atoms with E-state index in [1.165, 1.54) is 18.2 Å². The second kappa shape index (κ2) is 4.56. The highest BCUT2D eigenvalue weighted by molar-refractivity contribution is 5.68. The molecule has 0 bridgehead atoms. The van der Waals surface area contributed by atoms with Crippen LogP contribution in [0.3, 0.4) is 0 Å². The summed E-state index contributed by atoms with van der Waals surface area (Å²) in [5.41, 5.74) is 2.59. The number of nitrogens with zero attached hydrogens (tertiary/aromatic N) is 4. The smallest absolute Gasteiger partial charge is 0.190 e. The molecule has 0 unspecified atom stereocenters. The van der Waals surface area contributed by atoms with E-state index in [-0.39, 0.29) is 5.49 Å². The zero-order chi connectivity index (χ0) is 13.2. The number of imidazole rings is 1. The second-order valence-electron chi connectivity index (χ2n) is 4.13. The maximum absolute atomic E-state index is 8.10. The Bertz CT molecular complexity index is 760. The van der Waals surface area contributed by atoms with Crippen LogP contribution in [-0.4, -0.2) is 26.4 Å². The van der Waals surface area contributed by atoms with Gasteiger partial charge in [0.25, 0.3) is 0 Å². The molecule has 96 valence electrons. The number of nitrogens with one attached hydrogen (secondary N) is 1. The highest BCUT2D eigenvalue weighted by Crippen LogP contribution is 2.08. The van der Waals surface area contributed by atoms with Gasteiger partial charge in [-0.05, 0) is 5.56 Å². The van der Waals surface area contributed by atoms with E-state index in [0.717, 1.165) is 5.56 Å². The number of rotatable bonds is 3. The van der Waals surface area contributed by atoms with Gasteiger partial charge in [-0.2, -0.15) is 4.73 Å². The average Bonchev–Trinajstić information content (AvgIpc) is 2.84. The van der Waals surface area contributed by atoms with E-state index in [1.807, 2.05) is 34.9 Å². The summed E-state index contributed by atoms with van der Waals surface area (Å²) < 4.78 is 3.21. The van der Waals surface area contributed by atoms with Crippen molar-refractivity contribution in [1.29, 1.82) is 5.41 Å². The summed E-state index contributed by atoms with van der Waals surface area (Å²) in [6, 6.07) is 10.0. The summed E-state index contributed by atoms with van der Waals surface area (Å²) >= 11 is 0. The molecule has 1 N–H and O–H groups in total. The standard InChI is InChI=1S/C13H13N5O/c1-19-18-9-16-13-11(12(18)14)17(8-15-13)7-10-5-3-2-4-6-10/h2-6,8-9,14H,7H2,1H3. The predicted molar refractivity (Wildman–Crippen MR) is 69.4 cm³/mol. The molecule has 0 atom stereocenters. The first kappa shape index (κ1) is 11.5. The van der Waals surface area contributed by atoms with Gasteiger partial charge in [0, 0.05) is 6.54 Å². The molecule has 0 saturated carbocycles. The normalized spacial score (nSPS) is 10.8. The monoisotopic (exact) mass is 255 g/mol. The molecule has 2 heterocycles. The summed E-state index contributed by atoms with van der Waals surface area (Å²) in [6.07, 6.45) is 3.15. The molecule has 0 amide bonds. The van der Waals surface area contributed by atoms with Gasteiger partial charge in [0.05, 0.1) is 6.33 Å². The summed E-state index contributed by atoms with van der Waals surface area (Å²) in [6.45, 7) is 0.651. The third kappa shape index (κ3) is 1.97. The number of fused-ring (bicyclic) bond motifs is 1. The fraction of sp³-hybridized carbons (Fsp3) is 0.154. The van der Waals surface area contributed by atoms with E-state index < -0.39 is 0 Å². The third-order valence-corrected chi connectivity index (χ3v) is 2.94.